The van der Waals surface area contributed by atoms with Crippen molar-refractivity contribution in [2.75, 3.05) is 26.6 Å². The fraction of sp³-hybridized carbons (Fsp3) is 0.417. The Morgan fingerprint density at radius 1 is 1.30 bits per heavy atom. The van der Waals surface area contributed by atoms with E-state index in [1.807, 2.05) is 0 Å². The smallest absolute Gasteiger partial charge is 0.393 e. The van der Waals surface area contributed by atoms with Gasteiger partial charge in [0.2, 0.25) is 0 Å². The lowest BCUT2D eigenvalue weighted by Crippen LogP contribution is -2.42. The molecule has 1 aromatic carbocycles. The van der Waals surface area contributed by atoms with Crippen LogP contribution in [-0.4, -0.2) is 53.5 Å². The van der Waals surface area contributed by atoms with Gasteiger partial charge in [0, 0.05) is 38.0 Å². The van der Waals surface area contributed by atoms with E-state index in [2.05, 4.69) is 10.5 Å². The first-order valence-corrected chi connectivity index (χ1v) is 6.83. The first-order chi connectivity index (χ1) is 11.0. The highest BCUT2D eigenvalue weighted by atomic mass is 16.6. The Bertz CT molecular complexity index is 546. The SMILES string of the molecule is COBNc1ccc(CC(NBOC)C(=O)OC)c([N+](=O)[O-])c1. The van der Waals surface area contributed by atoms with Crippen LogP contribution in [0.1, 0.15) is 5.56 Å². The average molecular weight is 323 g/mol. The summed E-state index contributed by atoms with van der Waals surface area (Å²) in [5.41, 5.74) is 0.887. The van der Waals surface area contributed by atoms with Crippen LogP contribution in [0.5, 0.6) is 0 Å². The molecule has 0 heterocycles. The van der Waals surface area contributed by atoms with Gasteiger partial charge in [-0.3, -0.25) is 14.9 Å². The molecule has 124 valence electrons. The van der Waals surface area contributed by atoms with Gasteiger partial charge in [-0.25, -0.2) is 0 Å². The number of rotatable bonds is 10. The van der Waals surface area contributed by atoms with Crippen molar-refractivity contribution in [1.82, 2.24) is 5.23 Å². The third-order valence-electron chi connectivity index (χ3n) is 3.09. The number of hydrogen-bond donors (Lipinski definition) is 2. The van der Waals surface area contributed by atoms with Crippen LogP contribution in [0.4, 0.5) is 11.4 Å². The second-order valence-corrected chi connectivity index (χ2v) is 4.63. The van der Waals surface area contributed by atoms with Crippen molar-refractivity contribution >= 4 is 32.6 Å². The third-order valence-corrected chi connectivity index (χ3v) is 3.09. The predicted octanol–water partition coefficient (Wildman–Crippen LogP) is -0.494. The van der Waals surface area contributed by atoms with Crippen LogP contribution in [0, 0.1) is 10.1 Å². The summed E-state index contributed by atoms with van der Waals surface area (Å²) in [5.74, 6) is -0.516. The van der Waals surface area contributed by atoms with E-state index < -0.39 is 16.9 Å². The van der Waals surface area contributed by atoms with E-state index in [1.165, 1.54) is 27.4 Å². The maximum absolute atomic E-state index is 11.8. The molecule has 0 aromatic heterocycles. The summed E-state index contributed by atoms with van der Waals surface area (Å²) in [7, 11) is 4.60. The van der Waals surface area contributed by atoms with E-state index in [-0.39, 0.29) is 27.3 Å². The van der Waals surface area contributed by atoms with E-state index in [4.69, 9.17) is 14.0 Å². The fourth-order valence-corrected chi connectivity index (χ4v) is 1.96. The summed E-state index contributed by atoms with van der Waals surface area (Å²) < 4.78 is 14.4. The van der Waals surface area contributed by atoms with Gasteiger partial charge in [-0.15, -0.1) is 0 Å². The van der Waals surface area contributed by atoms with Crippen LogP contribution >= 0.6 is 0 Å². The zero-order chi connectivity index (χ0) is 17.2. The van der Waals surface area contributed by atoms with Crippen LogP contribution in [0.25, 0.3) is 0 Å². The van der Waals surface area contributed by atoms with Gasteiger partial charge in [-0.1, -0.05) is 6.07 Å². The zero-order valence-corrected chi connectivity index (χ0v) is 13.3. The quantitative estimate of drug-likeness (QED) is 0.257. The number of nitro benzene ring substituents is 1. The van der Waals surface area contributed by atoms with E-state index in [0.29, 0.717) is 11.3 Å². The second kappa shape index (κ2) is 9.82. The number of nitrogens with zero attached hydrogens (tertiary/aromatic N) is 1. The number of anilines is 1. The number of carbonyl (C=O) groups excluding carboxylic acids is 1. The van der Waals surface area contributed by atoms with Crippen LogP contribution in [-0.2, 0) is 25.3 Å². The first kappa shape index (κ1) is 18.9. The predicted molar refractivity (Wildman–Crippen MR) is 87.7 cm³/mol. The normalized spacial score (nSPS) is 11.4. The van der Waals surface area contributed by atoms with Gasteiger partial charge >= 0.3 is 21.2 Å². The minimum atomic E-state index is -0.739. The molecule has 0 bridgehead atoms. The van der Waals surface area contributed by atoms with E-state index in [0.717, 1.165) is 0 Å². The number of methoxy groups -OCH3 is 1. The Labute approximate surface area is 135 Å². The third kappa shape index (κ3) is 5.89. The standard InChI is InChI=1S/C12H19B2N3O6/c1-21-12(18)10(16-14-23-3)6-8-4-5-9(15-13-22-2)7-11(8)17(19)20/h4-5,7,10,13-16H,6H2,1-3H3. The summed E-state index contributed by atoms with van der Waals surface area (Å²) in [4.78, 5) is 22.6. The van der Waals surface area contributed by atoms with Crippen LogP contribution < -0.4 is 10.5 Å². The first-order valence-electron chi connectivity index (χ1n) is 6.83. The molecule has 0 aliphatic rings. The Morgan fingerprint density at radius 3 is 2.57 bits per heavy atom. The van der Waals surface area contributed by atoms with E-state index in [9.17, 15) is 14.9 Å². The van der Waals surface area contributed by atoms with Crippen LogP contribution in [0.2, 0.25) is 0 Å². The largest absolute Gasteiger partial charge is 0.468 e. The summed E-state index contributed by atoms with van der Waals surface area (Å²) in [6, 6.07) is 3.95. The molecule has 0 amide bonds. The number of benzene rings is 1. The molecule has 11 heteroatoms. The summed E-state index contributed by atoms with van der Waals surface area (Å²) in [6.07, 6.45) is 0.108. The molecular formula is C12H19B2N3O6. The lowest BCUT2D eigenvalue weighted by molar-refractivity contribution is -0.385. The van der Waals surface area contributed by atoms with Gasteiger partial charge in [-0.05, 0) is 6.07 Å². The van der Waals surface area contributed by atoms with Gasteiger partial charge in [0.15, 0.2) is 0 Å². The van der Waals surface area contributed by atoms with Crippen molar-refractivity contribution in [3.05, 3.63) is 33.9 Å². The molecule has 1 unspecified atom stereocenters. The van der Waals surface area contributed by atoms with Gasteiger partial charge in [0.1, 0.15) is 6.04 Å². The van der Waals surface area contributed by atoms with Gasteiger partial charge < -0.3 is 24.5 Å². The molecule has 0 fully saturated rings. The number of esters is 1. The van der Waals surface area contributed by atoms with Crippen molar-refractivity contribution in [3.63, 3.8) is 0 Å². The number of nitro groups is 1. The van der Waals surface area contributed by atoms with E-state index >= 15 is 0 Å². The maximum atomic E-state index is 11.8. The average Bonchev–Trinajstić information content (AvgIpc) is 2.56. The molecule has 9 nitrogen and oxygen atoms in total. The van der Waals surface area contributed by atoms with Crippen molar-refractivity contribution in [3.8, 4) is 0 Å². The molecule has 1 atom stereocenters. The Kier molecular flexibility index (Phi) is 8.09. The Balaban J connectivity index is 2.99. The molecule has 1 rings (SSSR count). The van der Waals surface area contributed by atoms with Crippen molar-refractivity contribution in [2.45, 2.75) is 12.5 Å². The molecule has 1 aromatic rings. The monoisotopic (exact) mass is 323 g/mol. The number of ether oxygens (including phenoxy) is 1. The Hall–Kier alpha value is -2.10. The van der Waals surface area contributed by atoms with Crippen molar-refractivity contribution < 1.29 is 23.8 Å². The van der Waals surface area contributed by atoms with Crippen LogP contribution in [0.15, 0.2) is 18.2 Å². The van der Waals surface area contributed by atoms with Crippen molar-refractivity contribution in [1.29, 1.82) is 0 Å². The van der Waals surface area contributed by atoms with Crippen molar-refractivity contribution in [2.24, 2.45) is 0 Å². The molecule has 0 aliphatic heterocycles. The lowest BCUT2D eigenvalue weighted by Gasteiger charge is -2.16. The highest BCUT2D eigenvalue weighted by molar-refractivity contribution is 6.32. The molecule has 0 saturated carbocycles. The maximum Gasteiger partial charge on any atom is 0.393 e. The summed E-state index contributed by atoms with van der Waals surface area (Å²) >= 11 is 0. The molecule has 0 aliphatic carbocycles. The summed E-state index contributed by atoms with van der Waals surface area (Å²) in [6.45, 7) is 0. The Morgan fingerprint density at radius 2 is 2.00 bits per heavy atom. The zero-order valence-electron chi connectivity index (χ0n) is 13.3. The molecule has 2 N–H and O–H groups in total. The molecule has 0 saturated heterocycles. The van der Waals surface area contributed by atoms with Gasteiger partial charge in [-0.2, -0.15) is 0 Å². The topological polar surface area (TPSA) is 112 Å². The minimum Gasteiger partial charge on any atom is -0.468 e. The number of nitrogens with one attached hydrogen (secondary N) is 2. The van der Waals surface area contributed by atoms with Crippen LogP contribution in [0.3, 0.4) is 0 Å². The molecular weight excluding hydrogens is 304 g/mol. The highest BCUT2D eigenvalue weighted by Crippen LogP contribution is 2.24. The number of hydrogen-bond acceptors (Lipinski definition) is 8. The molecule has 23 heavy (non-hydrogen) atoms. The van der Waals surface area contributed by atoms with Gasteiger partial charge in [0.25, 0.3) is 5.69 Å². The summed E-state index contributed by atoms with van der Waals surface area (Å²) in [5, 5.41) is 17.0. The highest BCUT2D eigenvalue weighted by Gasteiger charge is 2.24. The minimum absolute atomic E-state index is 0.0841. The molecule has 0 radical (unpaired) electrons. The van der Waals surface area contributed by atoms with E-state index in [1.54, 1.807) is 12.1 Å². The fourth-order valence-electron chi connectivity index (χ4n) is 1.96. The van der Waals surface area contributed by atoms with Gasteiger partial charge in [0.05, 0.1) is 12.0 Å². The number of carbonyl (C=O) groups is 1. The second-order valence-electron chi connectivity index (χ2n) is 4.63. The molecule has 0 spiro atoms. The lowest BCUT2D eigenvalue weighted by atomic mass is 10.0.